The van der Waals surface area contributed by atoms with Crippen LogP contribution in [0, 0.1) is 26.0 Å². The third-order valence-corrected chi connectivity index (χ3v) is 8.35. The molecule has 0 amide bonds. The maximum atomic E-state index is 4.65. The largest absolute Gasteiger partial charge is 0.305 e. The van der Waals surface area contributed by atoms with Crippen molar-refractivity contribution < 1.29 is 20.1 Å². The Morgan fingerprint density at radius 2 is 1.27 bits per heavy atom. The quantitative estimate of drug-likeness (QED) is 0.163. The Morgan fingerprint density at radius 1 is 0.490 bits per heavy atom. The molecule has 8 rings (SSSR count). The van der Waals surface area contributed by atoms with Gasteiger partial charge in [0.05, 0.1) is 0 Å². The molecule has 0 unspecified atom stereocenters. The van der Waals surface area contributed by atoms with Crippen molar-refractivity contribution in [3.63, 3.8) is 0 Å². The first-order chi connectivity index (χ1) is 23.7. The topological polar surface area (TPSA) is 38.7 Å². The molecule has 4 heteroatoms. The van der Waals surface area contributed by atoms with E-state index in [1.54, 1.807) is 0 Å². The molecular weight excluding hydrogens is 775 g/mol. The summed E-state index contributed by atoms with van der Waals surface area (Å²) in [6.07, 6.45) is 7.51. The molecule has 0 aliphatic rings. The van der Waals surface area contributed by atoms with Gasteiger partial charge in [-0.2, -0.15) is 0 Å². The van der Waals surface area contributed by atoms with E-state index in [0.717, 1.165) is 50.2 Å². The van der Waals surface area contributed by atoms with Crippen molar-refractivity contribution in [1.82, 2.24) is 15.0 Å². The van der Waals surface area contributed by atoms with Crippen molar-refractivity contribution in [2.24, 2.45) is 0 Å². The van der Waals surface area contributed by atoms with E-state index in [0.29, 0.717) is 0 Å². The van der Waals surface area contributed by atoms with Gasteiger partial charge < -0.3 is 9.97 Å². The van der Waals surface area contributed by atoms with Crippen LogP contribution in [0.2, 0.25) is 0 Å². The van der Waals surface area contributed by atoms with E-state index >= 15 is 0 Å². The maximum Gasteiger partial charge on any atom is 0.0352 e. The van der Waals surface area contributed by atoms with Gasteiger partial charge in [-0.3, -0.25) is 4.98 Å². The van der Waals surface area contributed by atoms with Crippen LogP contribution in [0.25, 0.3) is 66.7 Å². The van der Waals surface area contributed by atoms with Crippen molar-refractivity contribution in [2.45, 2.75) is 13.8 Å². The molecule has 0 aliphatic heterocycles. The number of aryl methyl sites for hydroxylation is 2. The molecule has 3 aromatic heterocycles. The molecule has 0 saturated heterocycles. The summed E-state index contributed by atoms with van der Waals surface area (Å²) in [6, 6.07) is 54.5. The summed E-state index contributed by atoms with van der Waals surface area (Å²) in [6.45, 7) is 4.18. The van der Waals surface area contributed by atoms with Gasteiger partial charge in [-0.05, 0) is 65.5 Å². The average molecular weight is 808 g/mol. The summed E-state index contributed by atoms with van der Waals surface area (Å²) in [7, 11) is 0. The predicted molar refractivity (Wildman–Crippen MR) is 198 cm³/mol. The minimum Gasteiger partial charge on any atom is -0.305 e. The van der Waals surface area contributed by atoms with Gasteiger partial charge in [-0.15, -0.1) is 59.7 Å². The SMILES string of the molecule is Cc1ccc(-c2ccc(-c3cc[c-]c(-c4ccccn4)c3-c3ccccc3)c3cnccc23)cc1.Cc1ccnc(-c2[c-]cccc2)c1.[Ir]. The summed E-state index contributed by atoms with van der Waals surface area (Å²) in [5.74, 6) is 0. The molecule has 0 N–H and O–H groups in total. The van der Waals surface area contributed by atoms with Gasteiger partial charge in [0.2, 0.25) is 0 Å². The Hall–Kier alpha value is -5.54. The smallest absolute Gasteiger partial charge is 0.0352 e. The molecule has 0 bridgehead atoms. The second kappa shape index (κ2) is 15.6. The number of benzene rings is 5. The van der Waals surface area contributed by atoms with E-state index in [-0.39, 0.29) is 20.1 Å². The number of aromatic nitrogens is 3. The second-order valence-electron chi connectivity index (χ2n) is 11.7. The third kappa shape index (κ3) is 7.47. The minimum atomic E-state index is 0. The summed E-state index contributed by atoms with van der Waals surface area (Å²) >= 11 is 0. The van der Waals surface area contributed by atoms with Crippen LogP contribution in [-0.2, 0) is 20.1 Å². The predicted octanol–water partition coefficient (Wildman–Crippen LogP) is 11.3. The molecule has 0 spiro atoms. The van der Waals surface area contributed by atoms with Crippen LogP contribution >= 0.6 is 0 Å². The van der Waals surface area contributed by atoms with Gasteiger partial charge in [-0.1, -0.05) is 113 Å². The van der Waals surface area contributed by atoms with E-state index < -0.39 is 0 Å². The van der Waals surface area contributed by atoms with E-state index in [1.165, 1.54) is 27.6 Å². The molecule has 8 aromatic rings. The molecule has 0 atom stereocenters. The van der Waals surface area contributed by atoms with Crippen LogP contribution in [0.15, 0.2) is 164 Å². The van der Waals surface area contributed by atoms with Crippen molar-refractivity contribution in [3.8, 4) is 55.9 Å². The summed E-state index contributed by atoms with van der Waals surface area (Å²) in [5, 5.41) is 2.31. The van der Waals surface area contributed by atoms with E-state index in [4.69, 9.17) is 0 Å². The zero-order valence-corrected chi connectivity index (χ0v) is 29.7. The molecular formula is C45H33IrN3-2. The summed E-state index contributed by atoms with van der Waals surface area (Å²) in [4.78, 5) is 13.4. The minimum absolute atomic E-state index is 0. The van der Waals surface area contributed by atoms with Crippen LogP contribution in [0.4, 0.5) is 0 Å². The normalized spacial score (nSPS) is 10.5. The van der Waals surface area contributed by atoms with Gasteiger partial charge in [0.1, 0.15) is 0 Å². The number of hydrogen-bond donors (Lipinski definition) is 0. The Bertz CT molecular complexity index is 2290. The molecule has 239 valence electrons. The Kier molecular flexibility index (Phi) is 10.6. The maximum absolute atomic E-state index is 4.65. The number of nitrogens with zero attached hydrogens (tertiary/aromatic N) is 3. The third-order valence-electron chi connectivity index (χ3n) is 8.35. The fourth-order valence-electron chi connectivity index (χ4n) is 5.99. The Balaban J connectivity index is 0.000000250. The molecule has 0 saturated carbocycles. The molecule has 5 aromatic carbocycles. The zero-order valence-electron chi connectivity index (χ0n) is 27.3. The van der Waals surface area contributed by atoms with Gasteiger partial charge in [-0.25, -0.2) is 0 Å². The molecule has 0 aliphatic carbocycles. The van der Waals surface area contributed by atoms with Crippen molar-refractivity contribution in [2.75, 3.05) is 0 Å². The second-order valence-corrected chi connectivity index (χ2v) is 11.7. The first kappa shape index (κ1) is 33.4. The first-order valence-electron chi connectivity index (χ1n) is 16.0. The van der Waals surface area contributed by atoms with Crippen LogP contribution < -0.4 is 0 Å². The van der Waals surface area contributed by atoms with Crippen LogP contribution in [0.5, 0.6) is 0 Å². The van der Waals surface area contributed by atoms with Gasteiger partial charge in [0, 0.05) is 50.3 Å². The zero-order chi connectivity index (χ0) is 32.7. The van der Waals surface area contributed by atoms with Crippen LogP contribution in [0.1, 0.15) is 11.1 Å². The van der Waals surface area contributed by atoms with E-state index in [9.17, 15) is 0 Å². The molecule has 1 radical (unpaired) electrons. The Morgan fingerprint density at radius 3 is 2.02 bits per heavy atom. The van der Waals surface area contributed by atoms with Gasteiger partial charge in [0.25, 0.3) is 0 Å². The van der Waals surface area contributed by atoms with Crippen LogP contribution in [0.3, 0.4) is 0 Å². The number of hydrogen-bond acceptors (Lipinski definition) is 3. The van der Waals surface area contributed by atoms with E-state index in [1.807, 2.05) is 85.5 Å². The summed E-state index contributed by atoms with van der Waals surface area (Å²) in [5.41, 5.74) is 13.4. The molecule has 3 heterocycles. The fourth-order valence-corrected chi connectivity index (χ4v) is 5.99. The van der Waals surface area contributed by atoms with Gasteiger partial charge in [0.15, 0.2) is 0 Å². The summed E-state index contributed by atoms with van der Waals surface area (Å²) < 4.78 is 0. The van der Waals surface area contributed by atoms with Crippen molar-refractivity contribution in [3.05, 3.63) is 188 Å². The standard InChI is InChI=1S/C33H23N2.C12H10N.Ir/c1-23-13-15-24(16-14-23)26-17-18-27(31-22-34-21-19-28(26)31)29-10-7-11-30(32-12-5-6-20-35-32)33(29)25-8-3-2-4-9-25;1-10-7-8-13-12(9-10)11-5-3-2-4-6-11;/h2-10,12-22H,1H3;2-5,7-9H,1H3;/q2*-1;. The number of fused-ring (bicyclic) bond motifs is 1. The first-order valence-corrected chi connectivity index (χ1v) is 16.0. The van der Waals surface area contributed by atoms with E-state index in [2.05, 4.69) is 120 Å². The molecule has 3 nitrogen and oxygen atoms in total. The monoisotopic (exact) mass is 808 g/mol. The molecule has 49 heavy (non-hydrogen) atoms. The number of rotatable bonds is 5. The molecule has 0 fully saturated rings. The van der Waals surface area contributed by atoms with Crippen LogP contribution in [-0.4, -0.2) is 15.0 Å². The van der Waals surface area contributed by atoms with Gasteiger partial charge >= 0.3 is 0 Å². The van der Waals surface area contributed by atoms with Crippen molar-refractivity contribution in [1.29, 1.82) is 0 Å². The fraction of sp³-hybridized carbons (Fsp3) is 0.0444. The van der Waals surface area contributed by atoms with Crippen molar-refractivity contribution >= 4 is 10.8 Å². The number of pyridine rings is 3. The average Bonchev–Trinajstić information content (AvgIpc) is 3.16. The Labute approximate surface area is 301 Å².